The van der Waals surface area contributed by atoms with Crippen molar-refractivity contribution in [3.05, 3.63) is 28.2 Å². The van der Waals surface area contributed by atoms with Crippen LogP contribution in [0.15, 0.2) is 22.7 Å². The molecule has 1 aromatic carbocycles. The summed E-state index contributed by atoms with van der Waals surface area (Å²) < 4.78 is 0.798. The topological polar surface area (TPSA) is 43.8 Å². The van der Waals surface area contributed by atoms with Crippen LogP contribution in [-0.2, 0) is 0 Å². The van der Waals surface area contributed by atoms with Gasteiger partial charge < -0.3 is 14.9 Å². The van der Waals surface area contributed by atoms with Crippen molar-refractivity contribution in [3.8, 4) is 0 Å². The largest absolute Gasteiger partial charge is 0.478 e. The number of hydrogen-bond acceptors (Lipinski definition) is 3. The highest BCUT2D eigenvalue weighted by molar-refractivity contribution is 9.10. The quantitative estimate of drug-likeness (QED) is 0.915. The fourth-order valence-corrected chi connectivity index (χ4v) is 3.10. The fraction of sp³-hybridized carbons (Fsp3) is 0.533. The summed E-state index contributed by atoms with van der Waals surface area (Å²) >= 11 is 3.33. The van der Waals surface area contributed by atoms with Crippen LogP contribution in [0.2, 0.25) is 0 Å². The lowest BCUT2D eigenvalue weighted by molar-refractivity contribution is 0.0697. The van der Waals surface area contributed by atoms with Crippen molar-refractivity contribution < 1.29 is 9.90 Å². The van der Waals surface area contributed by atoms with E-state index in [1.54, 1.807) is 6.07 Å². The summed E-state index contributed by atoms with van der Waals surface area (Å²) in [5, 5.41) is 9.33. The molecule has 1 fully saturated rings. The molecule has 20 heavy (non-hydrogen) atoms. The Morgan fingerprint density at radius 2 is 2.10 bits per heavy atom. The van der Waals surface area contributed by atoms with E-state index in [0.717, 1.165) is 29.8 Å². The maximum absolute atomic E-state index is 11.4. The fourth-order valence-electron chi connectivity index (χ4n) is 2.74. The molecule has 4 nitrogen and oxygen atoms in total. The molecule has 0 amide bonds. The molecule has 0 unspecified atom stereocenters. The number of likely N-dealkylation sites (tertiary alicyclic amines) is 1. The number of halogens is 1. The Kier molecular flexibility index (Phi) is 5.05. The van der Waals surface area contributed by atoms with E-state index >= 15 is 0 Å². The molecule has 0 bridgehead atoms. The van der Waals surface area contributed by atoms with E-state index < -0.39 is 5.97 Å². The third kappa shape index (κ3) is 3.73. The minimum Gasteiger partial charge on any atom is -0.478 e. The van der Waals surface area contributed by atoms with E-state index in [0.29, 0.717) is 11.5 Å². The highest BCUT2D eigenvalue weighted by atomic mass is 79.9. The van der Waals surface area contributed by atoms with Crippen molar-refractivity contribution in [2.45, 2.75) is 12.8 Å². The van der Waals surface area contributed by atoms with Crippen molar-refractivity contribution in [3.63, 3.8) is 0 Å². The average molecular weight is 341 g/mol. The lowest BCUT2D eigenvalue weighted by Gasteiger charge is -2.32. The molecule has 0 atom stereocenters. The first kappa shape index (κ1) is 15.3. The van der Waals surface area contributed by atoms with Gasteiger partial charge in [-0.15, -0.1) is 0 Å². The number of piperidine rings is 1. The Morgan fingerprint density at radius 1 is 1.45 bits per heavy atom. The Bertz CT molecular complexity index is 485. The number of hydrogen-bond donors (Lipinski definition) is 1. The number of aromatic carboxylic acids is 1. The normalized spacial score (nSPS) is 17.1. The zero-order valence-electron chi connectivity index (χ0n) is 12.0. The second kappa shape index (κ2) is 6.59. The minimum atomic E-state index is -0.878. The van der Waals surface area contributed by atoms with Gasteiger partial charge in [0.15, 0.2) is 0 Å². The molecule has 110 valence electrons. The van der Waals surface area contributed by atoms with Crippen LogP contribution in [-0.4, -0.2) is 49.7 Å². The maximum Gasteiger partial charge on any atom is 0.337 e. The number of anilines is 1. The van der Waals surface area contributed by atoms with Gasteiger partial charge in [0, 0.05) is 18.1 Å². The number of rotatable bonds is 4. The highest BCUT2D eigenvalue weighted by Crippen LogP contribution is 2.26. The van der Waals surface area contributed by atoms with Gasteiger partial charge in [0.2, 0.25) is 0 Å². The zero-order valence-corrected chi connectivity index (χ0v) is 13.6. The predicted octanol–water partition coefficient (Wildman–Crippen LogP) is 2.93. The van der Waals surface area contributed by atoms with Crippen LogP contribution in [0.4, 0.5) is 5.69 Å². The number of carbonyl (C=O) groups is 1. The van der Waals surface area contributed by atoms with Crippen LogP contribution < -0.4 is 4.90 Å². The van der Waals surface area contributed by atoms with E-state index in [1.165, 1.54) is 12.8 Å². The van der Waals surface area contributed by atoms with E-state index in [-0.39, 0.29) is 0 Å². The van der Waals surface area contributed by atoms with Gasteiger partial charge >= 0.3 is 5.97 Å². The van der Waals surface area contributed by atoms with E-state index in [9.17, 15) is 9.90 Å². The van der Waals surface area contributed by atoms with Crippen molar-refractivity contribution in [1.82, 2.24) is 4.90 Å². The Hall–Kier alpha value is -1.07. The minimum absolute atomic E-state index is 0.356. The second-order valence-electron chi connectivity index (χ2n) is 5.59. The SMILES string of the molecule is CN1CCC(CN(C)c2ccc(Br)cc2C(=O)O)CC1. The first-order valence-electron chi connectivity index (χ1n) is 6.90. The molecular formula is C15H21BrN2O2. The van der Waals surface area contributed by atoms with Gasteiger partial charge in [0.05, 0.1) is 11.3 Å². The molecule has 1 heterocycles. The number of carboxylic acids is 1. The van der Waals surface area contributed by atoms with E-state index in [2.05, 4.69) is 32.8 Å². The molecule has 1 aliphatic rings. The highest BCUT2D eigenvalue weighted by Gasteiger charge is 2.20. The molecule has 5 heteroatoms. The first-order valence-corrected chi connectivity index (χ1v) is 7.69. The van der Waals surface area contributed by atoms with Gasteiger partial charge in [0.25, 0.3) is 0 Å². The van der Waals surface area contributed by atoms with Gasteiger partial charge in [-0.05, 0) is 57.1 Å². The summed E-state index contributed by atoms with van der Waals surface area (Å²) in [6, 6.07) is 5.44. The van der Waals surface area contributed by atoms with Crippen molar-refractivity contribution in [2.75, 3.05) is 38.6 Å². The smallest absolute Gasteiger partial charge is 0.337 e. The third-order valence-electron chi connectivity index (χ3n) is 3.97. The number of nitrogens with zero attached hydrogens (tertiary/aromatic N) is 2. The lowest BCUT2D eigenvalue weighted by atomic mass is 9.96. The molecule has 1 aromatic rings. The van der Waals surface area contributed by atoms with Crippen LogP contribution >= 0.6 is 15.9 Å². The summed E-state index contributed by atoms with van der Waals surface area (Å²) in [6.07, 6.45) is 2.36. The summed E-state index contributed by atoms with van der Waals surface area (Å²) in [7, 11) is 4.13. The molecule has 0 radical (unpaired) electrons. The molecule has 0 spiro atoms. The molecule has 1 saturated heterocycles. The standard InChI is InChI=1S/C15H21BrN2O2/c1-17-7-5-11(6-8-17)10-18(2)14-4-3-12(16)9-13(14)15(19)20/h3-4,9,11H,5-8,10H2,1-2H3,(H,19,20). The predicted molar refractivity (Wildman–Crippen MR) is 84.6 cm³/mol. The Balaban J connectivity index is 2.09. The molecule has 1 N–H and O–H groups in total. The van der Waals surface area contributed by atoms with Gasteiger partial charge in [0.1, 0.15) is 0 Å². The van der Waals surface area contributed by atoms with Gasteiger partial charge in [-0.25, -0.2) is 4.79 Å². The molecular weight excluding hydrogens is 320 g/mol. The van der Waals surface area contributed by atoms with Crippen LogP contribution in [0, 0.1) is 5.92 Å². The summed E-state index contributed by atoms with van der Waals surface area (Å²) in [5.41, 5.74) is 1.15. The Morgan fingerprint density at radius 3 is 2.70 bits per heavy atom. The summed E-state index contributed by atoms with van der Waals surface area (Å²) in [6.45, 7) is 3.17. The second-order valence-corrected chi connectivity index (χ2v) is 6.51. The van der Waals surface area contributed by atoms with Crippen LogP contribution in [0.1, 0.15) is 23.2 Å². The first-order chi connectivity index (χ1) is 9.47. The molecule has 0 aliphatic carbocycles. The molecule has 0 aromatic heterocycles. The van der Waals surface area contributed by atoms with Gasteiger partial charge in [-0.2, -0.15) is 0 Å². The molecule has 1 aliphatic heterocycles. The van der Waals surface area contributed by atoms with Crippen molar-refractivity contribution in [2.24, 2.45) is 5.92 Å². The van der Waals surface area contributed by atoms with Crippen molar-refractivity contribution in [1.29, 1.82) is 0 Å². The Labute approximate surface area is 128 Å². The lowest BCUT2D eigenvalue weighted by Crippen LogP contribution is -2.36. The zero-order chi connectivity index (χ0) is 14.7. The number of carboxylic acid groups (broad SMARTS) is 1. The van der Waals surface area contributed by atoms with Crippen LogP contribution in [0.5, 0.6) is 0 Å². The maximum atomic E-state index is 11.4. The van der Waals surface area contributed by atoms with E-state index in [1.807, 2.05) is 19.2 Å². The van der Waals surface area contributed by atoms with Crippen LogP contribution in [0.3, 0.4) is 0 Å². The monoisotopic (exact) mass is 340 g/mol. The van der Waals surface area contributed by atoms with Gasteiger partial charge in [-0.1, -0.05) is 15.9 Å². The third-order valence-corrected chi connectivity index (χ3v) is 4.46. The van der Waals surface area contributed by atoms with Gasteiger partial charge in [-0.3, -0.25) is 0 Å². The van der Waals surface area contributed by atoms with Crippen LogP contribution in [0.25, 0.3) is 0 Å². The van der Waals surface area contributed by atoms with Crippen molar-refractivity contribution >= 4 is 27.6 Å². The number of benzene rings is 1. The van der Waals surface area contributed by atoms with E-state index in [4.69, 9.17) is 0 Å². The molecule has 0 saturated carbocycles. The summed E-state index contributed by atoms with van der Waals surface area (Å²) in [5.74, 6) is -0.238. The molecule has 2 rings (SSSR count). The average Bonchev–Trinajstić information content (AvgIpc) is 2.41. The summed E-state index contributed by atoms with van der Waals surface area (Å²) in [4.78, 5) is 15.8.